The van der Waals surface area contributed by atoms with Gasteiger partial charge in [-0.05, 0) is 17.9 Å². The highest BCUT2D eigenvalue weighted by Crippen LogP contribution is 2.24. The number of benzene rings is 1. The minimum atomic E-state index is -0.813. The van der Waals surface area contributed by atoms with Crippen LogP contribution in [0.1, 0.15) is 18.6 Å². The molecule has 0 bridgehead atoms. The van der Waals surface area contributed by atoms with Gasteiger partial charge in [0.25, 0.3) is 0 Å². The van der Waals surface area contributed by atoms with Crippen LogP contribution in [-0.2, 0) is 4.65 Å². The molecule has 0 aliphatic carbocycles. The first-order chi connectivity index (χ1) is 6.20. The second kappa shape index (κ2) is 4.32. The molecule has 1 aliphatic heterocycles. The van der Waals surface area contributed by atoms with E-state index in [0.29, 0.717) is 0 Å². The van der Waals surface area contributed by atoms with Crippen LogP contribution in [0.2, 0.25) is 0 Å². The molecule has 0 amide bonds. The van der Waals surface area contributed by atoms with Crippen molar-refractivity contribution in [3.05, 3.63) is 29.8 Å². The zero-order valence-corrected chi connectivity index (χ0v) is 8.70. The van der Waals surface area contributed by atoms with Gasteiger partial charge in [0.05, 0.1) is 6.10 Å². The van der Waals surface area contributed by atoms with Crippen molar-refractivity contribution in [2.75, 3.05) is 0 Å². The van der Waals surface area contributed by atoms with Gasteiger partial charge in [-0.2, -0.15) is 0 Å². The van der Waals surface area contributed by atoms with Crippen LogP contribution in [0.15, 0.2) is 24.3 Å². The molecule has 1 aliphatic rings. The predicted molar refractivity (Wildman–Crippen MR) is 58.8 cm³/mol. The maximum absolute atomic E-state index is 9.52. The lowest BCUT2D eigenvalue weighted by molar-refractivity contribution is 0.168. The molecule has 1 aromatic rings. The summed E-state index contributed by atoms with van der Waals surface area (Å²) in [5.41, 5.74) is 7.58. The van der Waals surface area contributed by atoms with Crippen LogP contribution in [0.25, 0.3) is 0 Å². The second-order valence-corrected chi connectivity index (χ2v) is 3.40. The molecule has 76 valence electrons. The molecular formula is C9H13BClNO2. The molecule has 14 heavy (non-hydrogen) atoms. The molecule has 3 N–H and O–H groups in total. The van der Waals surface area contributed by atoms with Crippen LogP contribution >= 0.6 is 12.4 Å². The van der Waals surface area contributed by atoms with E-state index in [1.807, 2.05) is 31.2 Å². The van der Waals surface area contributed by atoms with Gasteiger partial charge < -0.3 is 15.4 Å². The van der Waals surface area contributed by atoms with Gasteiger partial charge in [-0.3, -0.25) is 0 Å². The minimum Gasteiger partial charge on any atom is -0.423 e. The van der Waals surface area contributed by atoms with E-state index < -0.39 is 7.12 Å². The topological polar surface area (TPSA) is 55.5 Å². The minimum absolute atomic E-state index is 0. The Labute approximate surface area is 89.8 Å². The van der Waals surface area contributed by atoms with Gasteiger partial charge in [0, 0.05) is 6.04 Å². The lowest BCUT2D eigenvalue weighted by Gasteiger charge is -2.15. The Hall–Kier alpha value is -0.545. The molecule has 0 saturated carbocycles. The lowest BCUT2D eigenvalue weighted by Crippen LogP contribution is -2.28. The Morgan fingerprint density at radius 1 is 1.50 bits per heavy atom. The van der Waals surface area contributed by atoms with Crippen molar-refractivity contribution in [1.29, 1.82) is 0 Å². The summed E-state index contributed by atoms with van der Waals surface area (Å²) in [5.74, 6) is 0. The number of nitrogens with two attached hydrogens (primary N) is 1. The van der Waals surface area contributed by atoms with E-state index in [0.717, 1.165) is 11.0 Å². The van der Waals surface area contributed by atoms with Crippen molar-refractivity contribution in [3.63, 3.8) is 0 Å². The Bertz CT molecular complexity index is 321. The lowest BCUT2D eigenvalue weighted by atomic mass is 9.79. The van der Waals surface area contributed by atoms with E-state index in [1.54, 1.807) is 0 Å². The molecule has 0 spiro atoms. The Balaban J connectivity index is 0.000000980. The molecule has 0 radical (unpaired) electrons. The fraction of sp³-hybridized carbons (Fsp3) is 0.333. The van der Waals surface area contributed by atoms with E-state index in [4.69, 9.17) is 10.4 Å². The second-order valence-electron chi connectivity index (χ2n) is 3.40. The van der Waals surface area contributed by atoms with Crippen molar-refractivity contribution in [2.24, 2.45) is 5.73 Å². The summed E-state index contributed by atoms with van der Waals surface area (Å²) in [7, 11) is -0.813. The molecular weight excluding hydrogens is 200 g/mol. The van der Waals surface area contributed by atoms with Gasteiger partial charge in [-0.1, -0.05) is 24.3 Å². The summed E-state index contributed by atoms with van der Waals surface area (Å²) in [6, 6.07) is 7.52. The first kappa shape index (κ1) is 11.5. The van der Waals surface area contributed by atoms with Gasteiger partial charge in [-0.25, -0.2) is 0 Å². The zero-order valence-electron chi connectivity index (χ0n) is 7.88. The number of fused-ring (bicyclic) bond motifs is 1. The van der Waals surface area contributed by atoms with Crippen LogP contribution in [0.5, 0.6) is 0 Å². The summed E-state index contributed by atoms with van der Waals surface area (Å²) < 4.78 is 5.32. The smallest absolute Gasteiger partial charge is 0.423 e. The summed E-state index contributed by atoms with van der Waals surface area (Å²) in [5, 5.41) is 9.52. The van der Waals surface area contributed by atoms with E-state index in [-0.39, 0.29) is 24.6 Å². The molecule has 1 heterocycles. The summed E-state index contributed by atoms with van der Waals surface area (Å²) in [6.07, 6.45) is -0.175. The molecule has 0 aromatic heterocycles. The van der Waals surface area contributed by atoms with Crippen molar-refractivity contribution < 1.29 is 9.68 Å². The molecule has 0 fully saturated rings. The van der Waals surface area contributed by atoms with Crippen molar-refractivity contribution in [3.8, 4) is 0 Å². The SMILES string of the molecule is CC(N)C1OB(O)c2ccccc21.Cl. The van der Waals surface area contributed by atoms with Crippen LogP contribution in [0, 0.1) is 0 Å². The fourth-order valence-corrected chi connectivity index (χ4v) is 1.69. The normalized spacial score (nSPS) is 21.4. The molecule has 2 atom stereocenters. The third-order valence-electron chi connectivity index (χ3n) is 2.32. The summed E-state index contributed by atoms with van der Waals surface area (Å²) in [4.78, 5) is 0. The van der Waals surface area contributed by atoms with Gasteiger partial charge in [0.2, 0.25) is 0 Å². The number of halogens is 1. The van der Waals surface area contributed by atoms with E-state index in [1.165, 1.54) is 0 Å². The first-order valence-electron chi connectivity index (χ1n) is 4.38. The van der Waals surface area contributed by atoms with Crippen LogP contribution in [-0.4, -0.2) is 18.2 Å². The van der Waals surface area contributed by atoms with Gasteiger partial charge in [0.1, 0.15) is 0 Å². The maximum atomic E-state index is 9.52. The average molecular weight is 213 g/mol. The molecule has 2 unspecified atom stereocenters. The highest BCUT2D eigenvalue weighted by atomic mass is 35.5. The number of hydrogen-bond donors (Lipinski definition) is 2. The monoisotopic (exact) mass is 213 g/mol. The molecule has 2 rings (SSSR count). The average Bonchev–Trinajstić information content (AvgIpc) is 2.45. The molecule has 5 heteroatoms. The maximum Gasteiger partial charge on any atom is 0.492 e. The third-order valence-corrected chi connectivity index (χ3v) is 2.32. The summed E-state index contributed by atoms with van der Waals surface area (Å²) >= 11 is 0. The summed E-state index contributed by atoms with van der Waals surface area (Å²) in [6.45, 7) is 1.87. The standard InChI is InChI=1S/C9H12BNO2.ClH/c1-6(11)9-7-4-2-3-5-8(7)10(12)13-9;/h2-6,9,12H,11H2,1H3;1H. The Kier molecular flexibility index (Phi) is 3.56. The molecule has 1 aromatic carbocycles. The molecule has 0 saturated heterocycles. The van der Waals surface area contributed by atoms with Crippen LogP contribution in [0.3, 0.4) is 0 Å². The Morgan fingerprint density at radius 2 is 2.14 bits per heavy atom. The first-order valence-corrected chi connectivity index (χ1v) is 4.38. The number of rotatable bonds is 1. The highest BCUT2D eigenvalue weighted by Gasteiger charge is 2.36. The zero-order chi connectivity index (χ0) is 9.42. The van der Waals surface area contributed by atoms with Gasteiger partial charge >= 0.3 is 7.12 Å². The van der Waals surface area contributed by atoms with Crippen LogP contribution < -0.4 is 11.2 Å². The van der Waals surface area contributed by atoms with Crippen LogP contribution in [0.4, 0.5) is 0 Å². The van der Waals surface area contributed by atoms with Crippen molar-refractivity contribution in [1.82, 2.24) is 0 Å². The predicted octanol–water partition coefficient (Wildman–Crippen LogP) is 0.214. The fourth-order valence-electron chi connectivity index (χ4n) is 1.69. The largest absolute Gasteiger partial charge is 0.492 e. The third kappa shape index (κ3) is 1.79. The highest BCUT2D eigenvalue weighted by molar-refractivity contribution is 6.61. The quantitative estimate of drug-likeness (QED) is 0.656. The van der Waals surface area contributed by atoms with E-state index in [9.17, 15) is 5.02 Å². The van der Waals surface area contributed by atoms with Gasteiger partial charge in [0.15, 0.2) is 0 Å². The van der Waals surface area contributed by atoms with Crippen molar-refractivity contribution in [2.45, 2.75) is 19.1 Å². The van der Waals surface area contributed by atoms with Crippen molar-refractivity contribution >= 4 is 25.0 Å². The van der Waals surface area contributed by atoms with E-state index in [2.05, 4.69) is 0 Å². The number of hydrogen-bond acceptors (Lipinski definition) is 3. The Morgan fingerprint density at radius 3 is 2.79 bits per heavy atom. The van der Waals surface area contributed by atoms with E-state index >= 15 is 0 Å². The van der Waals surface area contributed by atoms with Gasteiger partial charge in [-0.15, -0.1) is 12.4 Å². The molecule has 3 nitrogen and oxygen atoms in total.